The van der Waals surface area contributed by atoms with Gasteiger partial charge in [-0.25, -0.2) is 12.7 Å². The first kappa shape index (κ1) is 7.53. The van der Waals surface area contributed by atoms with Crippen molar-refractivity contribution in [3.63, 3.8) is 0 Å². The van der Waals surface area contributed by atoms with Crippen LogP contribution in [-0.4, -0.2) is 30.9 Å². The Morgan fingerprint density at radius 3 is 2.40 bits per heavy atom. The van der Waals surface area contributed by atoms with Crippen LogP contribution in [0, 0.1) is 0 Å². The Kier molecular flexibility index (Phi) is 1.68. The SMILES string of the molecule is CCN1C(=O)CCS1(=O)=O. The normalized spacial score (nSPS) is 23.7. The van der Waals surface area contributed by atoms with E-state index < -0.39 is 10.0 Å². The molecular weight excluding hydrogens is 154 g/mol. The highest BCUT2D eigenvalue weighted by Gasteiger charge is 2.33. The summed E-state index contributed by atoms with van der Waals surface area (Å²) in [5.74, 6) is -0.290. The topological polar surface area (TPSA) is 54.5 Å². The average Bonchev–Trinajstić information content (AvgIpc) is 2.07. The predicted molar refractivity (Wildman–Crippen MR) is 35.8 cm³/mol. The van der Waals surface area contributed by atoms with Crippen LogP contribution in [0.5, 0.6) is 0 Å². The second kappa shape index (κ2) is 2.23. The molecule has 58 valence electrons. The van der Waals surface area contributed by atoms with Gasteiger partial charge in [0.2, 0.25) is 15.9 Å². The first-order valence-corrected chi connectivity index (χ1v) is 4.72. The number of sulfonamides is 1. The lowest BCUT2D eigenvalue weighted by Crippen LogP contribution is -2.28. The number of amides is 1. The molecule has 0 spiro atoms. The maximum Gasteiger partial charge on any atom is 0.237 e. The molecule has 0 aromatic heterocycles. The molecule has 1 aliphatic heterocycles. The zero-order valence-corrected chi connectivity index (χ0v) is 6.52. The zero-order chi connectivity index (χ0) is 7.78. The molecule has 1 fully saturated rings. The Morgan fingerprint density at radius 1 is 1.60 bits per heavy atom. The summed E-state index contributed by atoms with van der Waals surface area (Å²) in [5.41, 5.74) is 0. The Morgan fingerprint density at radius 2 is 2.20 bits per heavy atom. The number of carbonyl (C=O) groups excluding carboxylic acids is 1. The number of rotatable bonds is 1. The van der Waals surface area contributed by atoms with E-state index in [4.69, 9.17) is 0 Å². The molecule has 10 heavy (non-hydrogen) atoms. The van der Waals surface area contributed by atoms with Gasteiger partial charge in [0.25, 0.3) is 0 Å². The summed E-state index contributed by atoms with van der Waals surface area (Å²) in [6.07, 6.45) is 0.149. The summed E-state index contributed by atoms with van der Waals surface area (Å²) < 4.78 is 22.7. The van der Waals surface area contributed by atoms with E-state index in [9.17, 15) is 13.2 Å². The molecule has 1 rings (SSSR count). The molecule has 0 unspecified atom stereocenters. The molecule has 0 aromatic carbocycles. The van der Waals surface area contributed by atoms with E-state index in [-0.39, 0.29) is 24.6 Å². The van der Waals surface area contributed by atoms with Gasteiger partial charge < -0.3 is 0 Å². The van der Waals surface area contributed by atoms with Gasteiger partial charge in [0, 0.05) is 13.0 Å². The van der Waals surface area contributed by atoms with E-state index in [1.165, 1.54) is 0 Å². The van der Waals surface area contributed by atoms with Crippen LogP contribution in [0.4, 0.5) is 0 Å². The van der Waals surface area contributed by atoms with Gasteiger partial charge in [-0.1, -0.05) is 0 Å². The number of nitrogens with zero attached hydrogens (tertiary/aromatic N) is 1. The highest BCUT2D eigenvalue weighted by molar-refractivity contribution is 7.90. The molecule has 1 heterocycles. The van der Waals surface area contributed by atoms with Gasteiger partial charge in [0.1, 0.15) is 0 Å². The van der Waals surface area contributed by atoms with Gasteiger partial charge in [0.05, 0.1) is 5.75 Å². The lowest BCUT2D eigenvalue weighted by molar-refractivity contribution is -0.124. The van der Waals surface area contributed by atoms with Gasteiger partial charge in [-0.2, -0.15) is 0 Å². The van der Waals surface area contributed by atoms with E-state index in [0.717, 1.165) is 4.31 Å². The maximum atomic E-state index is 10.9. The fourth-order valence-corrected chi connectivity index (χ4v) is 2.43. The van der Waals surface area contributed by atoms with Crippen molar-refractivity contribution in [3.05, 3.63) is 0 Å². The van der Waals surface area contributed by atoms with Crippen LogP contribution in [0.25, 0.3) is 0 Å². The number of carbonyl (C=O) groups is 1. The van der Waals surface area contributed by atoms with Crippen molar-refractivity contribution < 1.29 is 13.2 Å². The van der Waals surface area contributed by atoms with Crippen molar-refractivity contribution in [2.45, 2.75) is 13.3 Å². The summed E-state index contributed by atoms with van der Waals surface area (Å²) in [7, 11) is -3.20. The molecule has 0 bridgehead atoms. The second-order valence-electron chi connectivity index (χ2n) is 2.12. The third-order valence-electron chi connectivity index (χ3n) is 1.48. The standard InChI is InChI=1S/C5H9NO3S/c1-2-6-5(7)3-4-10(6,8)9/h2-4H2,1H3. The van der Waals surface area contributed by atoms with Gasteiger partial charge in [0.15, 0.2) is 0 Å². The van der Waals surface area contributed by atoms with E-state index in [1.54, 1.807) is 6.92 Å². The van der Waals surface area contributed by atoms with Crippen molar-refractivity contribution in [2.75, 3.05) is 12.3 Å². The third-order valence-corrected chi connectivity index (χ3v) is 3.33. The molecule has 4 nitrogen and oxygen atoms in total. The van der Waals surface area contributed by atoms with Crippen LogP contribution in [-0.2, 0) is 14.8 Å². The lowest BCUT2D eigenvalue weighted by Gasteiger charge is -2.10. The number of hydrogen-bond donors (Lipinski definition) is 0. The van der Waals surface area contributed by atoms with Gasteiger partial charge in [-0.3, -0.25) is 4.79 Å². The summed E-state index contributed by atoms with van der Waals surface area (Å²) in [6.45, 7) is 1.92. The van der Waals surface area contributed by atoms with Crippen molar-refractivity contribution >= 4 is 15.9 Å². The van der Waals surface area contributed by atoms with Crippen LogP contribution in [0.15, 0.2) is 0 Å². The molecular formula is C5H9NO3S. The second-order valence-corrected chi connectivity index (χ2v) is 4.14. The minimum absolute atomic E-state index is 0.0142. The van der Waals surface area contributed by atoms with Crippen LogP contribution >= 0.6 is 0 Å². The molecule has 1 amide bonds. The fraction of sp³-hybridized carbons (Fsp3) is 0.800. The smallest absolute Gasteiger partial charge is 0.237 e. The van der Waals surface area contributed by atoms with Crippen LogP contribution in [0.1, 0.15) is 13.3 Å². The largest absolute Gasteiger partial charge is 0.274 e. The van der Waals surface area contributed by atoms with E-state index in [2.05, 4.69) is 0 Å². The monoisotopic (exact) mass is 163 g/mol. The fourth-order valence-electron chi connectivity index (χ4n) is 0.979. The minimum Gasteiger partial charge on any atom is -0.274 e. The van der Waals surface area contributed by atoms with E-state index >= 15 is 0 Å². The van der Waals surface area contributed by atoms with Crippen LogP contribution in [0.3, 0.4) is 0 Å². The highest BCUT2D eigenvalue weighted by Crippen LogP contribution is 2.13. The first-order chi connectivity index (χ1) is 4.58. The van der Waals surface area contributed by atoms with Gasteiger partial charge in [-0.05, 0) is 6.92 Å². The molecule has 0 atom stereocenters. The molecule has 5 heteroatoms. The Hall–Kier alpha value is -0.580. The highest BCUT2D eigenvalue weighted by atomic mass is 32.2. The zero-order valence-electron chi connectivity index (χ0n) is 5.70. The van der Waals surface area contributed by atoms with Crippen molar-refractivity contribution in [1.29, 1.82) is 0 Å². The minimum atomic E-state index is -3.20. The first-order valence-electron chi connectivity index (χ1n) is 3.11. The molecule has 1 aliphatic rings. The Bertz CT molecular complexity index is 244. The molecule has 0 saturated carbocycles. The Labute approximate surface area is 59.9 Å². The lowest BCUT2D eigenvalue weighted by atomic mass is 10.4. The molecule has 0 aliphatic carbocycles. The summed E-state index contributed by atoms with van der Waals surface area (Å²) in [4.78, 5) is 10.8. The van der Waals surface area contributed by atoms with E-state index in [0.29, 0.717) is 0 Å². The van der Waals surface area contributed by atoms with Crippen molar-refractivity contribution in [1.82, 2.24) is 4.31 Å². The van der Waals surface area contributed by atoms with Crippen LogP contribution < -0.4 is 0 Å². The Balaban J connectivity index is 2.95. The van der Waals surface area contributed by atoms with E-state index in [1.807, 2.05) is 0 Å². The van der Waals surface area contributed by atoms with Crippen molar-refractivity contribution in [2.24, 2.45) is 0 Å². The summed E-state index contributed by atoms with van der Waals surface area (Å²) in [6, 6.07) is 0. The summed E-state index contributed by atoms with van der Waals surface area (Å²) in [5, 5.41) is 0. The van der Waals surface area contributed by atoms with Crippen molar-refractivity contribution in [3.8, 4) is 0 Å². The average molecular weight is 163 g/mol. The summed E-state index contributed by atoms with van der Waals surface area (Å²) >= 11 is 0. The molecule has 0 radical (unpaired) electrons. The third kappa shape index (κ3) is 1.01. The quantitative estimate of drug-likeness (QED) is 0.527. The number of hydrogen-bond acceptors (Lipinski definition) is 3. The van der Waals surface area contributed by atoms with Gasteiger partial charge >= 0.3 is 0 Å². The molecule has 0 aromatic rings. The molecule has 1 saturated heterocycles. The molecule has 0 N–H and O–H groups in total. The maximum absolute atomic E-state index is 10.9. The van der Waals surface area contributed by atoms with Gasteiger partial charge in [-0.15, -0.1) is 0 Å². The van der Waals surface area contributed by atoms with Crippen LogP contribution in [0.2, 0.25) is 0 Å². The predicted octanol–water partition coefficient (Wildman–Crippen LogP) is -0.432.